The van der Waals surface area contributed by atoms with Crippen LogP contribution in [0.5, 0.6) is 0 Å². The van der Waals surface area contributed by atoms with Gasteiger partial charge in [-0.2, -0.15) is 0 Å². The summed E-state index contributed by atoms with van der Waals surface area (Å²) >= 11 is 0. The molecule has 13 nitrogen and oxygen atoms in total. The summed E-state index contributed by atoms with van der Waals surface area (Å²) in [5.41, 5.74) is 0.763. The molecule has 4 heterocycles. The number of aromatic nitrogens is 1. The number of sulfonamides is 1. The van der Waals surface area contributed by atoms with Crippen molar-refractivity contribution in [2.24, 2.45) is 11.8 Å². The minimum Gasteiger partial charge on any atom is -0.347 e. The lowest BCUT2D eigenvalue weighted by molar-refractivity contribution is -0.147. The largest absolute Gasteiger partial charge is 0.347 e. The van der Waals surface area contributed by atoms with E-state index in [4.69, 9.17) is 4.98 Å². The number of piperidine rings is 1. The summed E-state index contributed by atoms with van der Waals surface area (Å²) < 4.78 is 56.0. The third-order valence-electron chi connectivity index (χ3n) is 12.6. The van der Waals surface area contributed by atoms with Gasteiger partial charge in [0.2, 0.25) is 27.7 Å². The molecule has 3 aliphatic heterocycles. The van der Waals surface area contributed by atoms with Crippen molar-refractivity contribution in [2.75, 3.05) is 19.6 Å². The minimum absolute atomic E-state index is 0.0294. The number of likely N-dealkylation sites (tertiary alicyclic amines) is 1. The van der Waals surface area contributed by atoms with Crippen LogP contribution in [0.2, 0.25) is 0 Å². The van der Waals surface area contributed by atoms with Crippen molar-refractivity contribution in [1.29, 1.82) is 0 Å². The Labute approximate surface area is 347 Å². The molecule has 2 saturated carbocycles. The number of nitrogens with one attached hydrogen (secondary N) is 3. The Morgan fingerprint density at radius 2 is 1.67 bits per heavy atom. The number of hydrogen-bond donors (Lipinski definition) is 3. The van der Waals surface area contributed by atoms with Crippen molar-refractivity contribution in [3.05, 3.63) is 78.4 Å². The molecule has 0 radical (unpaired) electrons. The lowest BCUT2D eigenvalue weighted by Crippen LogP contribution is -2.57. The number of fused-ring (bicyclic) bond motifs is 3. The number of pyridine rings is 1. The van der Waals surface area contributed by atoms with Gasteiger partial charge in [-0.25, -0.2) is 22.2 Å². The zero-order chi connectivity index (χ0) is 42.2. The van der Waals surface area contributed by atoms with Crippen LogP contribution in [0.3, 0.4) is 0 Å². The first-order chi connectivity index (χ1) is 28.7. The first kappa shape index (κ1) is 41.5. The molecule has 0 unspecified atom stereocenters. The Balaban J connectivity index is 1.09. The fourth-order valence-electron chi connectivity index (χ4n) is 8.84. The number of allylic oxidation sites excluding steroid dienone is 1. The lowest BCUT2D eigenvalue weighted by Gasteiger charge is -2.33. The number of carbonyl (C=O) groups is 5. The standard InChI is InChI=1S/C44H50F2N6O7S/c45-43(46)19-21-51(22-20-43)38(53)23-29-13-5-2-1-3-8-14-30-26-44(30,42(57)50-60(58,59)32-17-18-32)49-40(55)37-24-31(27-52(37)41(29)56)47-39(54)34-25-36(28-11-6-4-7-12-28)48-35-16-10-9-15-33(34)35/h4,6-12,14-16,25,29-32,37H,1-3,5,13,17-24,26-27H2,(H,47,54)(H,49,55)(H,50,57)/t29-,30-,31-,37+,44-/m1/s1. The van der Waals surface area contributed by atoms with E-state index >= 15 is 0 Å². The molecule has 0 bridgehead atoms. The highest BCUT2D eigenvalue weighted by Gasteiger charge is 2.62. The molecule has 318 valence electrons. The van der Waals surface area contributed by atoms with E-state index < -0.39 is 93.0 Å². The number of carbonyl (C=O) groups excluding carboxylic acids is 5. The lowest BCUT2D eigenvalue weighted by atomic mass is 9.94. The molecular formula is C44H50F2N6O7S. The van der Waals surface area contributed by atoms with E-state index in [2.05, 4.69) is 15.4 Å². The molecule has 3 aromatic rings. The van der Waals surface area contributed by atoms with Gasteiger partial charge in [0, 0.05) is 67.7 Å². The molecule has 60 heavy (non-hydrogen) atoms. The summed E-state index contributed by atoms with van der Waals surface area (Å²) in [5.74, 6) is -7.09. The first-order valence-corrected chi connectivity index (χ1v) is 22.5. The molecule has 5 amide bonds. The molecule has 16 heteroatoms. The number of alkyl halides is 2. The highest BCUT2D eigenvalue weighted by atomic mass is 32.2. The van der Waals surface area contributed by atoms with E-state index in [0.29, 0.717) is 54.3 Å². The molecule has 0 spiro atoms. The van der Waals surface area contributed by atoms with E-state index in [-0.39, 0.29) is 38.9 Å². The second kappa shape index (κ2) is 16.7. The quantitative estimate of drug-likeness (QED) is 0.270. The maximum atomic E-state index is 14.7. The van der Waals surface area contributed by atoms with Gasteiger partial charge in [0.25, 0.3) is 17.7 Å². The molecule has 2 aromatic carbocycles. The van der Waals surface area contributed by atoms with Crippen molar-refractivity contribution in [1.82, 2.24) is 30.1 Å². The Morgan fingerprint density at radius 3 is 2.42 bits per heavy atom. The summed E-state index contributed by atoms with van der Waals surface area (Å²) in [6.45, 7) is -0.338. The van der Waals surface area contributed by atoms with Crippen LogP contribution < -0.4 is 15.4 Å². The first-order valence-electron chi connectivity index (χ1n) is 21.0. The third kappa shape index (κ3) is 8.93. The zero-order valence-corrected chi connectivity index (χ0v) is 34.1. The fourth-order valence-corrected chi connectivity index (χ4v) is 10.2. The Kier molecular flexibility index (Phi) is 11.5. The molecule has 3 N–H and O–H groups in total. The van der Waals surface area contributed by atoms with Crippen LogP contribution in [0.15, 0.2) is 72.8 Å². The van der Waals surface area contributed by atoms with Crippen molar-refractivity contribution >= 4 is 50.5 Å². The number of amides is 5. The number of hydrogen-bond acceptors (Lipinski definition) is 8. The monoisotopic (exact) mass is 844 g/mol. The van der Waals surface area contributed by atoms with Gasteiger partial charge >= 0.3 is 0 Å². The molecule has 2 aliphatic carbocycles. The maximum absolute atomic E-state index is 14.7. The summed E-state index contributed by atoms with van der Waals surface area (Å²) in [4.78, 5) is 78.5. The van der Waals surface area contributed by atoms with E-state index in [1.807, 2.05) is 54.6 Å². The average Bonchev–Trinajstić information content (AvgIpc) is 4.16. The summed E-state index contributed by atoms with van der Waals surface area (Å²) in [5, 5.41) is 5.84. The van der Waals surface area contributed by atoms with Gasteiger partial charge < -0.3 is 20.4 Å². The molecule has 5 aliphatic rings. The second-order valence-electron chi connectivity index (χ2n) is 17.0. The van der Waals surface area contributed by atoms with E-state index in [0.717, 1.165) is 18.4 Å². The SMILES string of the molecule is O=C(N[C@@H]1C[C@H]2C(=O)N[C@]3(C(=O)NS(=O)(=O)C4CC4)C[C@H]3C=CCCCCC[C@H](CC(=O)N3CCC(F)(F)CC3)C(=O)N2C1)c1cc(-c2ccccc2)nc2ccccc12. The average molecular weight is 845 g/mol. The maximum Gasteiger partial charge on any atom is 0.259 e. The summed E-state index contributed by atoms with van der Waals surface area (Å²) in [7, 11) is -3.95. The normalized spacial score (nSPS) is 27.2. The van der Waals surface area contributed by atoms with Crippen LogP contribution in [-0.2, 0) is 29.2 Å². The number of benzene rings is 2. The van der Waals surface area contributed by atoms with Crippen LogP contribution >= 0.6 is 0 Å². The number of rotatable bonds is 8. The Bertz CT molecular complexity index is 2310. The van der Waals surface area contributed by atoms with E-state index in [9.17, 15) is 41.2 Å². The van der Waals surface area contributed by atoms with Crippen LogP contribution in [0.1, 0.15) is 87.4 Å². The summed E-state index contributed by atoms with van der Waals surface area (Å²) in [6, 6.07) is 16.4. The third-order valence-corrected chi connectivity index (χ3v) is 14.4. The number of nitrogens with zero attached hydrogens (tertiary/aromatic N) is 3. The predicted molar refractivity (Wildman–Crippen MR) is 219 cm³/mol. The van der Waals surface area contributed by atoms with Gasteiger partial charge in [-0.05, 0) is 57.1 Å². The van der Waals surface area contributed by atoms with Crippen LogP contribution in [0.4, 0.5) is 8.78 Å². The van der Waals surface area contributed by atoms with E-state index in [1.165, 1.54) is 9.80 Å². The fraction of sp³-hybridized carbons (Fsp3) is 0.500. The molecular weight excluding hydrogens is 795 g/mol. The van der Waals surface area contributed by atoms with Crippen molar-refractivity contribution < 1.29 is 41.2 Å². The smallest absolute Gasteiger partial charge is 0.259 e. The van der Waals surface area contributed by atoms with Gasteiger partial charge in [-0.1, -0.05) is 73.5 Å². The predicted octanol–water partition coefficient (Wildman–Crippen LogP) is 4.87. The van der Waals surface area contributed by atoms with Crippen LogP contribution in [0, 0.1) is 11.8 Å². The number of para-hydroxylation sites is 1. The summed E-state index contributed by atoms with van der Waals surface area (Å²) in [6.07, 6.45) is 6.63. The number of halogens is 2. The van der Waals surface area contributed by atoms with Gasteiger partial charge in [-0.15, -0.1) is 0 Å². The highest BCUT2D eigenvalue weighted by molar-refractivity contribution is 7.91. The van der Waals surface area contributed by atoms with Gasteiger partial charge in [0.05, 0.1) is 22.0 Å². The van der Waals surface area contributed by atoms with Gasteiger partial charge in [-0.3, -0.25) is 28.7 Å². The Hall–Kier alpha value is -5.25. The molecule has 5 atom stereocenters. The minimum atomic E-state index is -3.95. The molecule has 4 fully saturated rings. The van der Waals surface area contributed by atoms with Crippen molar-refractivity contribution in [2.45, 2.75) is 106 Å². The Morgan fingerprint density at radius 1 is 0.933 bits per heavy atom. The van der Waals surface area contributed by atoms with Gasteiger partial charge in [0.1, 0.15) is 11.6 Å². The van der Waals surface area contributed by atoms with Crippen molar-refractivity contribution in [3.63, 3.8) is 0 Å². The van der Waals surface area contributed by atoms with Crippen LogP contribution in [0.25, 0.3) is 22.2 Å². The topological polar surface area (TPSA) is 175 Å². The highest BCUT2D eigenvalue weighted by Crippen LogP contribution is 2.46. The second-order valence-corrected chi connectivity index (χ2v) is 19.0. The van der Waals surface area contributed by atoms with Crippen molar-refractivity contribution in [3.8, 4) is 11.3 Å². The van der Waals surface area contributed by atoms with Crippen LogP contribution in [-0.4, -0.2) is 101 Å². The molecule has 8 rings (SSSR count). The van der Waals surface area contributed by atoms with Gasteiger partial charge in [0.15, 0.2) is 0 Å². The zero-order valence-electron chi connectivity index (χ0n) is 33.3. The molecule has 1 aromatic heterocycles. The van der Waals surface area contributed by atoms with E-state index in [1.54, 1.807) is 18.2 Å². The molecule has 2 saturated heterocycles.